The van der Waals surface area contributed by atoms with Crippen LogP contribution in [0.15, 0.2) is 42.9 Å². The zero-order chi connectivity index (χ0) is 28.0. The first-order valence-electron chi connectivity index (χ1n) is 12.2. The Morgan fingerprint density at radius 2 is 1.90 bits per heavy atom. The third kappa shape index (κ3) is 3.59. The Morgan fingerprint density at radius 1 is 1.15 bits per heavy atom. The van der Waals surface area contributed by atoms with Crippen LogP contribution >= 0.6 is 0 Å². The van der Waals surface area contributed by atoms with Crippen LogP contribution in [0.3, 0.4) is 0 Å². The molecule has 5 N–H and O–H groups in total. The molecule has 2 atom stereocenters. The lowest BCUT2D eigenvalue weighted by molar-refractivity contribution is -0.385. The fourth-order valence-electron chi connectivity index (χ4n) is 5.72. The van der Waals surface area contributed by atoms with E-state index < -0.39 is 36.1 Å². The van der Waals surface area contributed by atoms with Gasteiger partial charge in [-0.1, -0.05) is 6.07 Å². The summed E-state index contributed by atoms with van der Waals surface area (Å²) < 4.78 is 38.1. The van der Waals surface area contributed by atoms with Gasteiger partial charge >= 0.3 is 12.7 Å². The third-order valence-electron chi connectivity index (χ3n) is 7.50. The van der Waals surface area contributed by atoms with Crippen molar-refractivity contribution in [3.8, 4) is 17.0 Å². The number of alkyl halides is 2. The number of carbonyl (C=O) groups excluding carboxylic acids is 1. The van der Waals surface area contributed by atoms with Gasteiger partial charge in [0.25, 0.3) is 5.91 Å². The minimum absolute atomic E-state index is 0.00428. The first kappa shape index (κ1) is 24.9. The van der Waals surface area contributed by atoms with Crippen LogP contribution in [0.4, 0.5) is 8.78 Å². The van der Waals surface area contributed by atoms with Gasteiger partial charge in [0.2, 0.25) is 0 Å². The van der Waals surface area contributed by atoms with Crippen molar-refractivity contribution < 1.29 is 38.4 Å². The van der Waals surface area contributed by atoms with E-state index in [1.165, 1.54) is 22.7 Å². The Morgan fingerprint density at radius 3 is 2.55 bits per heavy atom. The summed E-state index contributed by atoms with van der Waals surface area (Å²) in [5, 5.41) is 35.0. The van der Waals surface area contributed by atoms with E-state index in [0.717, 1.165) is 0 Å². The monoisotopic (exact) mass is 553 g/mol. The molecule has 2 aliphatic heterocycles. The average molecular weight is 553 g/mol. The van der Waals surface area contributed by atoms with Crippen molar-refractivity contribution in [1.82, 2.24) is 29.5 Å². The fraction of sp³-hybridized carbons (Fsp3) is 0.320. The van der Waals surface area contributed by atoms with Gasteiger partial charge in [-0.3, -0.25) is 9.69 Å². The van der Waals surface area contributed by atoms with E-state index in [9.17, 15) is 28.9 Å². The van der Waals surface area contributed by atoms with Crippen molar-refractivity contribution in [2.45, 2.75) is 36.6 Å². The number of nitrogens with two attached hydrogens (primary N) is 1. The van der Waals surface area contributed by atoms with Crippen LogP contribution in [-0.2, 0) is 10.3 Å². The molecule has 0 saturated carbocycles. The van der Waals surface area contributed by atoms with Crippen LogP contribution in [0.5, 0.6) is 5.75 Å². The maximum absolute atomic E-state index is 13.4. The first-order valence-corrected chi connectivity index (χ1v) is 12.2. The van der Waals surface area contributed by atoms with Gasteiger partial charge in [-0.05, 0) is 24.6 Å². The molecule has 5 heterocycles. The Kier molecular flexibility index (Phi) is 5.24. The van der Waals surface area contributed by atoms with Crippen LogP contribution in [0.1, 0.15) is 51.4 Å². The molecule has 3 aromatic heterocycles. The van der Waals surface area contributed by atoms with Crippen molar-refractivity contribution >= 4 is 11.6 Å². The molecule has 40 heavy (non-hydrogen) atoms. The van der Waals surface area contributed by atoms with Crippen molar-refractivity contribution in [3.63, 3.8) is 0 Å². The van der Waals surface area contributed by atoms with Crippen LogP contribution in [-0.4, -0.2) is 76.6 Å². The largest absolute Gasteiger partial charge is 0.434 e. The molecule has 1 fully saturated rings. The molecule has 1 saturated heterocycles. The van der Waals surface area contributed by atoms with Crippen LogP contribution in [0, 0.1) is 0 Å². The van der Waals surface area contributed by atoms with Gasteiger partial charge in [-0.25, -0.2) is 19.5 Å². The predicted octanol–water partition coefficient (Wildman–Crippen LogP) is 0.593. The van der Waals surface area contributed by atoms with Gasteiger partial charge in [0.15, 0.2) is 11.5 Å². The average Bonchev–Trinajstić information content (AvgIpc) is 3.39. The summed E-state index contributed by atoms with van der Waals surface area (Å²) in [4.78, 5) is 27.4. The molecule has 15 heteroatoms. The van der Waals surface area contributed by atoms with Gasteiger partial charge in [0.05, 0.1) is 30.6 Å². The number of amides is 1. The van der Waals surface area contributed by atoms with Crippen LogP contribution < -0.4 is 10.5 Å². The van der Waals surface area contributed by atoms with Gasteiger partial charge in [-0.15, -0.1) is 0 Å². The number of carbonyl (C=O) groups is 1. The topological polar surface area (TPSA) is 181 Å². The Balaban J connectivity index is 1.40. The maximum atomic E-state index is 13.4. The highest BCUT2D eigenvalue weighted by Crippen LogP contribution is 2.54. The summed E-state index contributed by atoms with van der Waals surface area (Å²) in [5.74, 6) is -1.56. The summed E-state index contributed by atoms with van der Waals surface area (Å²) in [7, 11) is 0. The van der Waals surface area contributed by atoms with E-state index >= 15 is 0 Å². The highest BCUT2D eigenvalue weighted by atomic mass is 19.3. The molecule has 1 amide bonds. The highest BCUT2D eigenvalue weighted by molar-refractivity contribution is 5.98. The molecule has 2 bridgehead atoms. The summed E-state index contributed by atoms with van der Waals surface area (Å²) >= 11 is 0. The molecule has 0 radical (unpaired) electrons. The van der Waals surface area contributed by atoms with Gasteiger partial charge < -0.3 is 30.5 Å². The number of hydrogen-bond acceptors (Lipinski definition) is 11. The van der Waals surface area contributed by atoms with Crippen molar-refractivity contribution in [2.75, 3.05) is 13.2 Å². The third-order valence-corrected chi connectivity index (χ3v) is 7.50. The first-order chi connectivity index (χ1) is 19.0. The minimum Gasteiger partial charge on any atom is -0.434 e. The molecular formula is C25H21F2N7O6. The zero-order valence-electron chi connectivity index (χ0n) is 20.5. The van der Waals surface area contributed by atoms with Crippen LogP contribution in [0.25, 0.3) is 16.9 Å². The molecule has 4 aromatic rings. The number of hydrogen-bond donors (Lipinski definition) is 4. The fourth-order valence-corrected chi connectivity index (χ4v) is 5.72. The molecule has 2 unspecified atom stereocenters. The van der Waals surface area contributed by atoms with E-state index in [1.54, 1.807) is 24.7 Å². The Labute approximate surface area is 223 Å². The second-order valence-corrected chi connectivity index (χ2v) is 10.00. The second-order valence-electron chi connectivity index (χ2n) is 10.00. The number of aliphatic hydroxyl groups is 3. The van der Waals surface area contributed by atoms with Crippen molar-refractivity contribution in [3.05, 3.63) is 71.1 Å². The highest BCUT2D eigenvalue weighted by Gasteiger charge is 2.53. The number of nitrogens with zero attached hydrogens (tertiary/aromatic N) is 6. The SMILES string of the molecule is NC1(c2ncc(-c3ccn4nc5c(c4n3)C3CC5N(C(O)(O)O)C(=O)c4cccc(OC(F)F)c43)cn2)COC1. The van der Waals surface area contributed by atoms with Gasteiger partial charge in [-0.2, -0.15) is 13.9 Å². The van der Waals surface area contributed by atoms with E-state index in [2.05, 4.69) is 15.1 Å². The summed E-state index contributed by atoms with van der Waals surface area (Å²) in [6.07, 6.45) is 1.21. The molecule has 1 aromatic carbocycles. The van der Waals surface area contributed by atoms with E-state index in [4.69, 9.17) is 20.2 Å². The normalized spacial score (nSPS) is 21.3. The van der Waals surface area contributed by atoms with E-state index in [0.29, 0.717) is 46.4 Å². The smallest absolute Gasteiger partial charge is 0.387 e. The molecule has 0 spiro atoms. The maximum Gasteiger partial charge on any atom is 0.387 e. The number of halogens is 2. The number of aromatic nitrogens is 5. The standard InChI is InChI=1S/C25H21F2N7O6/c26-23(27)40-16-3-1-2-12-17(16)13-6-15(34(21(12)35)25(36,37)38)19-18(13)20-31-14(4-5-33(20)32-19)11-7-29-22(30-8-11)24(28)9-39-10-24/h1-5,7-8,13,15,23,36-38H,6,9-10,28H2. The quantitative estimate of drug-likeness (QED) is 0.254. The summed E-state index contributed by atoms with van der Waals surface area (Å²) in [6.45, 7) is -2.55. The number of fused-ring (bicyclic) bond motifs is 9. The molecule has 206 valence electrons. The molecular weight excluding hydrogens is 532 g/mol. The second kappa shape index (κ2) is 8.42. The Bertz CT molecular complexity index is 1670. The zero-order valence-corrected chi connectivity index (χ0v) is 20.5. The Hall–Kier alpha value is -4.15. The van der Waals surface area contributed by atoms with Crippen molar-refractivity contribution in [2.24, 2.45) is 5.73 Å². The van der Waals surface area contributed by atoms with E-state index in [1.807, 2.05) is 0 Å². The molecule has 7 rings (SSSR count). The number of rotatable bonds is 5. The predicted molar refractivity (Wildman–Crippen MR) is 129 cm³/mol. The summed E-state index contributed by atoms with van der Waals surface area (Å²) in [5.41, 5.74) is 7.51. The number of ether oxygens (including phenoxy) is 2. The van der Waals surface area contributed by atoms with Crippen molar-refractivity contribution in [1.29, 1.82) is 0 Å². The minimum atomic E-state index is -3.56. The summed E-state index contributed by atoms with van der Waals surface area (Å²) in [6, 6.07) is 4.52. The van der Waals surface area contributed by atoms with Gasteiger partial charge in [0.1, 0.15) is 11.3 Å². The molecule has 3 aliphatic rings. The van der Waals surface area contributed by atoms with E-state index in [-0.39, 0.29) is 29.0 Å². The van der Waals surface area contributed by atoms with Crippen LogP contribution in [0.2, 0.25) is 0 Å². The lowest BCUT2D eigenvalue weighted by Crippen LogP contribution is -2.55. The lowest BCUT2D eigenvalue weighted by Gasteiger charge is -2.35. The van der Waals surface area contributed by atoms with Gasteiger partial charge in [0, 0.05) is 46.8 Å². The molecule has 1 aliphatic carbocycles. The number of benzene rings is 1. The molecule has 13 nitrogen and oxygen atoms in total. The lowest BCUT2D eigenvalue weighted by atomic mass is 9.89.